The zero-order valence-corrected chi connectivity index (χ0v) is 14.1. The molecule has 3 nitrogen and oxygen atoms in total. The van der Waals surface area contributed by atoms with Crippen molar-refractivity contribution in [3.05, 3.63) is 28.8 Å². The lowest BCUT2D eigenvalue weighted by Gasteiger charge is -2.09. The summed E-state index contributed by atoms with van der Waals surface area (Å²) in [5.74, 6) is 0. The average Bonchev–Trinajstić information content (AvgIpc) is 2.31. The molecule has 0 aliphatic carbocycles. The van der Waals surface area contributed by atoms with Crippen molar-refractivity contribution in [2.75, 3.05) is 0 Å². The molecule has 1 aromatic rings. The van der Waals surface area contributed by atoms with Crippen LogP contribution in [0.4, 0.5) is 0 Å². The molecule has 0 aliphatic rings. The van der Waals surface area contributed by atoms with Gasteiger partial charge >= 0.3 is 0 Å². The molecule has 1 aromatic carbocycles. The van der Waals surface area contributed by atoms with Crippen LogP contribution >= 0.6 is 0 Å². The molecule has 0 aliphatic heterocycles. The Bertz CT molecular complexity index is 439. The average molecular weight is 288 g/mol. The van der Waals surface area contributed by atoms with Gasteiger partial charge in [-0.2, -0.15) is 8.42 Å². The molecule has 0 aromatic heterocycles. The molecule has 0 unspecified atom stereocenters. The van der Waals surface area contributed by atoms with E-state index in [1.54, 1.807) is 0 Å². The maximum absolute atomic E-state index is 10.9. The van der Waals surface area contributed by atoms with Crippen LogP contribution in [0, 0.1) is 13.8 Å². The van der Waals surface area contributed by atoms with Crippen LogP contribution in [0.15, 0.2) is 17.0 Å². The van der Waals surface area contributed by atoms with Gasteiger partial charge in [0, 0.05) is 0 Å². The molecule has 112 valence electrons. The Morgan fingerprint density at radius 1 is 1.00 bits per heavy atom. The van der Waals surface area contributed by atoms with Crippen molar-refractivity contribution in [2.24, 2.45) is 0 Å². The van der Waals surface area contributed by atoms with Crippen molar-refractivity contribution in [1.29, 1.82) is 0 Å². The summed E-state index contributed by atoms with van der Waals surface area (Å²) in [6.45, 7) is 14.0. The van der Waals surface area contributed by atoms with Crippen LogP contribution < -0.4 is 0 Å². The Labute approximate surface area is 118 Å². The number of rotatable bonds is 2. The minimum atomic E-state index is -4.07. The van der Waals surface area contributed by atoms with Crippen LogP contribution in [0.2, 0.25) is 0 Å². The topological polar surface area (TPSA) is 54.4 Å². The van der Waals surface area contributed by atoms with Crippen molar-refractivity contribution >= 4 is 10.1 Å². The molecule has 1 N–H and O–H groups in total. The Hall–Kier alpha value is -0.870. The van der Waals surface area contributed by atoms with Crippen molar-refractivity contribution in [3.8, 4) is 0 Å². The summed E-state index contributed by atoms with van der Waals surface area (Å²) in [6.07, 6.45) is 2.11. The third-order valence-electron chi connectivity index (χ3n) is 2.32. The Morgan fingerprint density at radius 2 is 1.32 bits per heavy atom. The second kappa shape index (κ2) is 9.98. The van der Waals surface area contributed by atoms with E-state index in [0.29, 0.717) is 0 Å². The SMILES string of the molecule is CC.CCC.CCc1c(C)cc(S(=O)(=O)O)cc1C. The van der Waals surface area contributed by atoms with Gasteiger partial charge < -0.3 is 0 Å². The molecular weight excluding hydrogens is 260 g/mol. The van der Waals surface area contributed by atoms with E-state index in [0.717, 1.165) is 23.1 Å². The monoisotopic (exact) mass is 288 g/mol. The summed E-state index contributed by atoms with van der Waals surface area (Å²) in [7, 11) is -4.07. The molecule has 0 heterocycles. The Balaban J connectivity index is 0. The van der Waals surface area contributed by atoms with Gasteiger partial charge in [-0.1, -0.05) is 41.0 Å². The highest BCUT2D eigenvalue weighted by Gasteiger charge is 2.12. The second-order valence-corrected chi connectivity index (χ2v) is 5.49. The highest BCUT2D eigenvalue weighted by atomic mass is 32.2. The molecular formula is C15H28O3S. The molecule has 0 fully saturated rings. The zero-order valence-electron chi connectivity index (χ0n) is 13.2. The molecule has 0 bridgehead atoms. The fraction of sp³-hybridized carbons (Fsp3) is 0.600. The molecule has 19 heavy (non-hydrogen) atoms. The van der Waals surface area contributed by atoms with Crippen LogP contribution in [0.5, 0.6) is 0 Å². The summed E-state index contributed by atoms with van der Waals surface area (Å²) in [5.41, 5.74) is 2.94. The highest BCUT2D eigenvalue weighted by molar-refractivity contribution is 7.85. The molecule has 0 radical (unpaired) electrons. The van der Waals surface area contributed by atoms with E-state index in [9.17, 15) is 8.42 Å². The molecule has 0 spiro atoms. The van der Waals surface area contributed by atoms with Gasteiger partial charge in [-0.15, -0.1) is 0 Å². The number of hydrogen-bond acceptors (Lipinski definition) is 2. The molecule has 0 saturated heterocycles. The summed E-state index contributed by atoms with van der Waals surface area (Å²) < 4.78 is 30.7. The fourth-order valence-electron chi connectivity index (χ4n) is 1.66. The van der Waals surface area contributed by atoms with Crippen molar-refractivity contribution < 1.29 is 13.0 Å². The van der Waals surface area contributed by atoms with Crippen LogP contribution in [-0.4, -0.2) is 13.0 Å². The first kappa shape index (κ1) is 20.4. The quantitative estimate of drug-likeness (QED) is 0.812. The fourth-order valence-corrected chi connectivity index (χ4v) is 2.31. The van der Waals surface area contributed by atoms with Crippen molar-refractivity contribution in [1.82, 2.24) is 0 Å². The molecule has 4 heteroatoms. The lowest BCUT2D eigenvalue weighted by molar-refractivity contribution is 0.483. The zero-order chi connectivity index (χ0) is 15.6. The molecule has 0 amide bonds. The first-order valence-electron chi connectivity index (χ1n) is 6.85. The first-order valence-corrected chi connectivity index (χ1v) is 8.29. The van der Waals surface area contributed by atoms with E-state index >= 15 is 0 Å². The third-order valence-corrected chi connectivity index (χ3v) is 3.15. The maximum atomic E-state index is 10.9. The van der Waals surface area contributed by atoms with Gasteiger partial charge in [-0.3, -0.25) is 4.55 Å². The van der Waals surface area contributed by atoms with E-state index < -0.39 is 10.1 Å². The molecule has 0 atom stereocenters. The molecule has 0 saturated carbocycles. The number of benzene rings is 1. The van der Waals surface area contributed by atoms with Crippen molar-refractivity contribution in [2.45, 2.75) is 66.2 Å². The van der Waals surface area contributed by atoms with Gasteiger partial charge in [0.2, 0.25) is 0 Å². The maximum Gasteiger partial charge on any atom is 0.294 e. The summed E-state index contributed by atoms with van der Waals surface area (Å²) in [4.78, 5) is -0.0234. The largest absolute Gasteiger partial charge is 0.294 e. The van der Waals surface area contributed by atoms with Gasteiger partial charge in [0.1, 0.15) is 0 Å². The van der Waals surface area contributed by atoms with Gasteiger partial charge in [0.05, 0.1) is 4.90 Å². The van der Waals surface area contributed by atoms with Gasteiger partial charge in [-0.05, 0) is 49.1 Å². The van der Waals surface area contributed by atoms with E-state index in [1.807, 2.05) is 34.6 Å². The Morgan fingerprint density at radius 3 is 1.53 bits per heavy atom. The number of aryl methyl sites for hydroxylation is 2. The van der Waals surface area contributed by atoms with E-state index in [4.69, 9.17) is 4.55 Å². The second-order valence-electron chi connectivity index (χ2n) is 4.07. The van der Waals surface area contributed by atoms with Gasteiger partial charge in [0.15, 0.2) is 0 Å². The summed E-state index contributed by atoms with van der Waals surface area (Å²) in [5, 5.41) is 0. The lowest BCUT2D eigenvalue weighted by atomic mass is 10.0. The highest BCUT2D eigenvalue weighted by Crippen LogP contribution is 2.20. The van der Waals surface area contributed by atoms with Crippen molar-refractivity contribution in [3.63, 3.8) is 0 Å². The predicted molar refractivity (Wildman–Crippen MR) is 82.4 cm³/mol. The standard InChI is InChI=1S/C10H14O3S.C3H8.C2H6/c1-4-10-7(2)5-9(6-8(10)3)14(11,12)13;1-3-2;1-2/h5-6H,4H2,1-3H3,(H,11,12,13);3H2,1-2H3;1-2H3. The first-order chi connectivity index (χ1) is 8.77. The third kappa shape index (κ3) is 7.33. The summed E-state index contributed by atoms with van der Waals surface area (Å²) in [6, 6.07) is 3.00. The lowest BCUT2D eigenvalue weighted by Crippen LogP contribution is -2.01. The normalized spacial score (nSPS) is 9.89. The van der Waals surface area contributed by atoms with E-state index in [2.05, 4.69) is 13.8 Å². The van der Waals surface area contributed by atoms with Crippen LogP contribution in [-0.2, 0) is 16.5 Å². The van der Waals surface area contributed by atoms with Crippen LogP contribution in [0.1, 0.15) is 57.7 Å². The minimum Gasteiger partial charge on any atom is -0.282 e. The van der Waals surface area contributed by atoms with Crippen LogP contribution in [0.25, 0.3) is 0 Å². The number of hydrogen-bond donors (Lipinski definition) is 1. The predicted octanol–water partition coefficient (Wildman–Crippen LogP) is 4.56. The van der Waals surface area contributed by atoms with E-state index in [-0.39, 0.29) is 4.90 Å². The molecule has 1 rings (SSSR count). The van der Waals surface area contributed by atoms with Gasteiger partial charge in [0.25, 0.3) is 10.1 Å². The van der Waals surface area contributed by atoms with Gasteiger partial charge in [-0.25, -0.2) is 0 Å². The minimum absolute atomic E-state index is 0.0234. The van der Waals surface area contributed by atoms with Crippen LogP contribution in [0.3, 0.4) is 0 Å². The Kier molecular flexibility index (Phi) is 10.7. The van der Waals surface area contributed by atoms with E-state index in [1.165, 1.54) is 18.6 Å². The smallest absolute Gasteiger partial charge is 0.282 e. The summed E-state index contributed by atoms with van der Waals surface area (Å²) >= 11 is 0.